The molecule has 0 fully saturated rings. The topological polar surface area (TPSA) is 29.3 Å². The van der Waals surface area contributed by atoms with Crippen molar-refractivity contribution in [3.05, 3.63) is 194 Å². The van der Waals surface area contributed by atoms with Gasteiger partial charge in [0.15, 0.2) is 5.58 Å². The molecule has 10 aromatic rings. The van der Waals surface area contributed by atoms with E-state index in [4.69, 9.17) is 9.40 Å². The van der Waals surface area contributed by atoms with Gasteiger partial charge in [0.25, 0.3) is 0 Å². The molecular formula is C49H32N2O. The van der Waals surface area contributed by atoms with Crippen LogP contribution in [0.4, 0.5) is 17.1 Å². The smallest absolute Gasteiger partial charge is 0.227 e. The van der Waals surface area contributed by atoms with Crippen LogP contribution in [0.3, 0.4) is 0 Å². The summed E-state index contributed by atoms with van der Waals surface area (Å²) >= 11 is 0. The molecule has 0 aliphatic heterocycles. The zero-order valence-electron chi connectivity index (χ0n) is 28.3. The molecular weight excluding hydrogens is 633 g/mol. The van der Waals surface area contributed by atoms with E-state index in [1.807, 2.05) is 36.4 Å². The molecule has 0 saturated heterocycles. The molecule has 0 bridgehead atoms. The third-order valence-corrected chi connectivity index (χ3v) is 10.1. The second kappa shape index (κ2) is 12.4. The van der Waals surface area contributed by atoms with Crippen molar-refractivity contribution in [2.24, 2.45) is 0 Å². The van der Waals surface area contributed by atoms with Crippen molar-refractivity contribution in [3.63, 3.8) is 0 Å². The van der Waals surface area contributed by atoms with E-state index >= 15 is 0 Å². The Morgan fingerprint density at radius 2 is 0.904 bits per heavy atom. The zero-order chi connectivity index (χ0) is 34.4. The Morgan fingerprint density at radius 3 is 1.63 bits per heavy atom. The van der Waals surface area contributed by atoms with Crippen LogP contribution < -0.4 is 4.90 Å². The Morgan fingerprint density at radius 1 is 0.365 bits per heavy atom. The largest absolute Gasteiger partial charge is 0.435 e. The van der Waals surface area contributed by atoms with E-state index in [0.29, 0.717) is 5.89 Å². The number of anilines is 3. The minimum atomic E-state index is 0.640. The summed E-state index contributed by atoms with van der Waals surface area (Å²) in [5.74, 6) is 0.640. The van der Waals surface area contributed by atoms with Crippen LogP contribution in [0.1, 0.15) is 0 Å². The monoisotopic (exact) mass is 664 g/mol. The summed E-state index contributed by atoms with van der Waals surface area (Å²) in [4.78, 5) is 7.17. The Bertz CT molecular complexity index is 2880. The Hall–Kier alpha value is -6.97. The van der Waals surface area contributed by atoms with Crippen molar-refractivity contribution in [2.75, 3.05) is 4.90 Å². The van der Waals surface area contributed by atoms with Gasteiger partial charge in [0.2, 0.25) is 5.89 Å². The molecule has 0 amide bonds. The predicted octanol–water partition coefficient (Wildman–Crippen LogP) is 13.8. The van der Waals surface area contributed by atoms with Crippen LogP contribution >= 0.6 is 0 Å². The average molecular weight is 665 g/mol. The van der Waals surface area contributed by atoms with E-state index in [9.17, 15) is 0 Å². The van der Waals surface area contributed by atoms with E-state index in [-0.39, 0.29) is 0 Å². The molecule has 3 heteroatoms. The number of nitrogens with zero attached hydrogens (tertiary/aromatic N) is 2. The summed E-state index contributed by atoms with van der Waals surface area (Å²) in [6.07, 6.45) is 0. The lowest BCUT2D eigenvalue weighted by Crippen LogP contribution is -2.09. The summed E-state index contributed by atoms with van der Waals surface area (Å²) in [5.41, 5.74) is 10.7. The standard InChI is InChI=1S/C49H32N2O/c1-3-9-33(10-4-1)35-17-24-42(25-18-35)51(44-28-21-34-11-7-8-14-39(34)32-44)43-26-19-36(20-27-43)40-22-29-45-41(31-40)16-15-37-23-30-46-48(47(37)45)52-49(50-46)38-12-5-2-6-13-38/h1-32H. The summed E-state index contributed by atoms with van der Waals surface area (Å²) in [5, 5.41) is 6.99. The van der Waals surface area contributed by atoms with E-state index < -0.39 is 0 Å². The van der Waals surface area contributed by atoms with E-state index in [2.05, 4.69) is 163 Å². The van der Waals surface area contributed by atoms with Crippen molar-refractivity contribution in [1.82, 2.24) is 4.98 Å². The lowest BCUT2D eigenvalue weighted by molar-refractivity contribution is 0.623. The lowest BCUT2D eigenvalue weighted by atomic mass is 9.97. The minimum Gasteiger partial charge on any atom is -0.435 e. The first-order chi connectivity index (χ1) is 25.7. The van der Waals surface area contributed by atoms with Crippen LogP contribution in [0, 0.1) is 0 Å². The van der Waals surface area contributed by atoms with Crippen molar-refractivity contribution in [2.45, 2.75) is 0 Å². The predicted molar refractivity (Wildman–Crippen MR) is 218 cm³/mol. The molecule has 244 valence electrons. The molecule has 3 nitrogen and oxygen atoms in total. The summed E-state index contributed by atoms with van der Waals surface area (Å²) in [6.45, 7) is 0. The minimum absolute atomic E-state index is 0.640. The van der Waals surface area contributed by atoms with Crippen LogP contribution in [0.5, 0.6) is 0 Å². The van der Waals surface area contributed by atoms with Gasteiger partial charge in [0, 0.05) is 28.0 Å². The van der Waals surface area contributed by atoms with Gasteiger partial charge in [-0.15, -0.1) is 0 Å². The molecule has 0 spiro atoms. The van der Waals surface area contributed by atoms with E-state index in [1.165, 1.54) is 21.9 Å². The van der Waals surface area contributed by atoms with Crippen LogP contribution in [-0.2, 0) is 0 Å². The SMILES string of the molecule is c1ccc(-c2ccc(N(c3ccc(-c4ccc5c(ccc6ccc7nc(-c8ccccc8)oc7c65)c4)cc3)c3ccc4ccccc4c3)cc2)cc1. The Balaban J connectivity index is 1.03. The van der Waals surface area contributed by atoms with Gasteiger partial charge in [-0.3, -0.25) is 0 Å². The van der Waals surface area contributed by atoms with Crippen molar-refractivity contribution in [1.29, 1.82) is 0 Å². The van der Waals surface area contributed by atoms with Gasteiger partial charge >= 0.3 is 0 Å². The quantitative estimate of drug-likeness (QED) is 0.166. The van der Waals surface area contributed by atoms with Gasteiger partial charge in [-0.1, -0.05) is 133 Å². The summed E-state index contributed by atoms with van der Waals surface area (Å²) < 4.78 is 6.44. The lowest BCUT2D eigenvalue weighted by Gasteiger charge is -2.26. The maximum atomic E-state index is 6.44. The van der Waals surface area contributed by atoms with Crippen molar-refractivity contribution >= 4 is 60.5 Å². The van der Waals surface area contributed by atoms with Gasteiger partial charge in [0.1, 0.15) is 5.52 Å². The van der Waals surface area contributed by atoms with E-state index in [0.717, 1.165) is 66.4 Å². The zero-order valence-corrected chi connectivity index (χ0v) is 28.3. The van der Waals surface area contributed by atoms with Gasteiger partial charge in [0.05, 0.1) is 0 Å². The molecule has 1 heterocycles. The molecule has 0 aliphatic rings. The highest BCUT2D eigenvalue weighted by Crippen LogP contribution is 2.40. The van der Waals surface area contributed by atoms with Crippen molar-refractivity contribution < 1.29 is 4.42 Å². The highest BCUT2D eigenvalue weighted by Gasteiger charge is 2.16. The molecule has 0 N–H and O–H groups in total. The molecule has 0 unspecified atom stereocenters. The molecule has 0 aliphatic carbocycles. The summed E-state index contributed by atoms with van der Waals surface area (Å²) in [7, 11) is 0. The second-order valence-electron chi connectivity index (χ2n) is 13.2. The van der Waals surface area contributed by atoms with E-state index in [1.54, 1.807) is 0 Å². The first-order valence-electron chi connectivity index (χ1n) is 17.6. The highest BCUT2D eigenvalue weighted by atomic mass is 16.3. The Kier molecular flexibility index (Phi) is 7.14. The first-order valence-corrected chi connectivity index (χ1v) is 17.6. The third-order valence-electron chi connectivity index (χ3n) is 10.1. The number of benzene rings is 9. The van der Waals surface area contributed by atoms with Gasteiger partial charge in [-0.05, 0) is 110 Å². The molecule has 1 aromatic heterocycles. The number of aromatic nitrogens is 1. The first kappa shape index (κ1) is 29.9. The fourth-order valence-corrected chi connectivity index (χ4v) is 7.41. The number of rotatable bonds is 6. The molecule has 10 rings (SSSR count). The Labute approximate surface area is 301 Å². The van der Waals surface area contributed by atoms with Crippen LogP contribution in [0.15, 0.2) is 199 Å². The number of hydrogen-bond acceptors (Lipinski definition) is 3. The van der Waals surface area contributed by atoms with Crippen LogP contribution in [0.25, 0.3) is 77.1 Å². The van der Waals surface area contributed by atoms with Crippen molar-refractivity contribution in [3.8, 4) is 33.7 Å². The van der Waals surface area contributed by atoms with Crippen LogP contribution in [-0.4, -0.2) is 4.98 Å². The molecule has 52 heavy (non-hydrogen) atoms. The highest BCUT2D eigenvalue weighted by molar-refractivity contribution is 6.18. The molecule has 0 atom stereocenters. The number of fused-ring (bicyclic) bond motifs is 6. The second-order valence-corrected chi connectivity index (χ2v) is 13.2. The normalized spacial score (nSPS) is 11.5. The molecule has 0 saturated carbocycles. The molecule has 0 radical (unpaired) electrons. The van der Waals surface area contributed by atoms with Gasteiger partial charge < -0.3 is 9.32 Å². The van der Waals surface area contributed by atoms with Crippen LogP contribution in [0.2, 0.25) is 0 Å². The third kappa shape index (κ3) is 5.28. The maximum Gasteiger partial charge on any atom is 0.227 e. The molecule has 9 aromatic carbocycles. The fourth-order valence-electron chi connectivity index (χ4n) is 7.41. The summed E-state index contributed by atoms with van der Waals surface area (Å²) in [6, 6.07) is 68.9. The average Bonchev–Trinajstić information content (AvgIpc) is 3.67. The fraction of sp³-hybridized carbons (Fsp3) is 0. The number of hydrogen-bond donors (Lipinski definition) is 0. The van der Waals surface area contributed by atoms with Gasteiger partial charge in [-0.25, -0.2) is 4.98 Å². The number of oxazole rings is 1. The maximum absolute atomic E-state index is 6.44. The van der Waals surface area contributed by atoms with Gasteiger partial charge in [-0.2, -0.15) is 0 Å².